The van der Waals surface area contributed by atoms with Crippen molar-refractivity contribution < 1.29 is 19.0 Å². The molecule has 0 radical (unpaired) electrons. The Morgan fingerprint density at radius 2 is 1.93 bits per heavy atom. The number of carbonyl (C=O) groups excluding carboxylic acids is 1. The minimum atomic E-state index is -0.0475. The zero-order valence-electron chi connectivity index (χ0n) is 17.2. The number of nitrogens with zero attached hydrogens (tertiary/aromatic N) is 1. The van der Waals surface area contributed by atoms with Crippen LogP contribution in [-0.4, -0.2) is 56.9 Å². The molecule has 7 heteroatoms. The number of carbonyl (C=O) groups is 1. The number of rotatable bonds is 6. The molecule has 2 aromatic rings. The fraction of sp³-hybridized carbons (Fsp3) is 0.435. The van der Waals surface area contributed by atoms with Gasteiger partial charge >= 0.3 is 0 Å². The summed E-state index contributed by atoms with van der Waals surface area (Å²) in [5.41, 5.74) is 3.22. The topological polar surface area (TPSA) is 60.0 Å². The molecule has 0 spiro atoms. The minimum absolute atomic E-state index is 0.0475. The molecule has 0 bridgehead atoms. The van der Waals surface area contributed by atoms with Gasteiger partial charge in [0.2, 0.25) is 5.91 Å². The third-order valence-electron chi connectivity index (χ3n) is 5.43. The molecular formula is C23H27ClN2O4. The van der Waals surface area contributed by atoms with Gasteiger partial charge in [-0.1, -0.05) is 41.4 Å². The summed E-state index contributed by atoms with van der Waals surface area (Å²) in [6.07, 6.45) is 0.236. The maximum absolute atomic E-state index is 12.7. The highest BCUT2D eigenvalue weighted by Gasteiger charge is 2.24. The normalized spacial score (nSPS) is 17.4. The van der Waals surface area contributed by atoms with E-state index in [1.807, 2.05) is 6.07 Å². The highest BCUT2D eigenvalue weighted by molar-refractivity contribution is 6.32. The number of aryl methyl sites for hydroxylation is 1. The lowest BCUT2D eigenvalue weighted by Crippen LogP contribution is -2.44. The van der Waals surface area contributed by atoms with E-state index >= 15 is 0 Å². The molecule has 1 amide bonds. The van der Waals surface area contributed by atoms with Crippen LogP contribution in [0.4, 0.5) is 0 Å². The number of hydrogen-bond acceptors (Lipinski definition) is 5. The number of amides is 1. The molecule has 160 valence electrons. The first kappa shape index (κ1) is 21.0. The van der Waals surface area contributed by atoms with E-state index in [-0.39, 0.29) is 18.4 Å². The fourth-order valence-electron chi connectivity index (χ4n) is 3.95. The molecule has 1 atom stereocenters. The average Bonchev–Trinajstić information content (AvgIpc) is 2.75. The Morgan fingerprint density at radius 3 is 2.73 bits per heavy atom. The van der Waals surface area contributed by atoms with Crippen LogP contribution in [0.15, 0.2) is 36.4 Å². The fourth-order valence-corrected chi connectivity index (χ4v) is 4.24. The summed E-state index contributed by atoms with van der Waals surface area (Å²) >= 11 is 6.30. The Kier molecular flexibility index (Phi) is 6.77. The van der Waals surface area contributed by atoms with E-state index in [0.717, 1.165) is 18.7 Å². The Hall–Kier alpha value is -2.28. The summed E-state index contributed by atoms with van der Waals surface area (Å²) in [5.74, 6) is 1.11. The number of halogens is 1. The largest absolute Gasteiger partial charge is 0.486 e. The van der Waals surface area contributed by atoms with Gasteiger partial charge in [-0.2, -0.15) is 0 Å². The van der Waals surface area contributed by atoms with E-state index in [1.54, 1.807) is 6.07 Å². The van der Waals surface area contributed by atoms with Crippen LogP contribution in [0.2, 0.25) is 5.02 Å². The minimum Gasteiger partial charge on any atom is -0.486 e. The molecular weight excluding hydrogens is 404 g/mol. The van der Waals surface area contributed by atoms with Gasteiger partial charge in [0.05, 0.1) is 30.7 Å². The molecule has 2 aromatic carbocycles. The predicted octanol–water partition coefficient (Wildman–Crippen LogP) is 3.15. The third kappa shape index (κ3) is 5.06. The second kappa shape index (κ2) is 9.69. The molecule has 0 aromatic heterocycles. The van der Waals surface area contributed by atoms with Gasteiger partial charge in [0.25, 0.3) is 0 Å². The van der Waals surface area contributed by atoms with Gasteiger partial charge in [-0.15, -0.1) is 0 Å². The van der Waals surface area contributed by atoms with Crippen LogP contribution in [0.3, 0.4) is 0 Å². The van der Waals surface area contributed by atoms with Gasteiger partial charge in [-0.3, -0.25) is 9.69 Å². The van der Waals surface area contributed by atoms with Gasteiger partial charge in [0.1, 0.15) is 13.2 Å². The zero-order chi connectivity index (χ0) is 20.9. The number of ether oxygens (including phenoxy) is 3. The van der Waals surface area contributed by atoms with Crippen molar-refractivity contribution in [2.24, 2.45) is 0 Å². The molecule has 4 rings (SSSR count). The van der Waals surface area contributed by atoms with Gasteiger partial charge in [-0.05, 0) is 30.2 Å². The molecule has 1 saturated heterocycles. The zero-order valence-corrected chi connectivity index (χ0v) is 17.9. The predicted molar refractivity (Wildman–Crippen MR) is 115 cm³/mol. The Labute approximate surface area is 182 Å². The second-order valence-electron chi connectivity index (χ2n) is 7.66. The molecule has 1 unspecified atom stereocenters. The van der Waals surface area contributed by atoms with Crippen molar-refractivity contribution in [3.05, 3.63) is 58.1 Å². The number of hydrogen-bond donors (Lipinski definition) is 1. The van der Waals surface area contributed by atoms with Gasteiger partial charge in [-0.25, -0.2) is 0 Å². The van der Waals surface area contributed by atoms with E-state index in [9.17, 15) is 4.79 Å². The van der Waals surface area contributed by atoms with Crippen LogP contribution >= 0.6 is 11.6 Å². The summed E-state index contributed by atoms with van der Waals surface area (Å²) in [5, 5.41) is 3.58. The Balaban J connectivity index is 1.43. The lowest BCUT2D eigenvalue weighted by atomic mass is 10.0. The summed E-state index contributed by atoms with van der Waals surface area (Å²) in [6.45, 7) is 6.73. The summed E-state index contributed by atoms with van der Waals surface area (Å²) in [6, 6.07) is 12.2. The van der Waals surface area contributed by atoms with Gasteiger partial charge in [0.15, 0.2) is 11.5 Å². The molecule has 0 aliphatic carbocycles. The average molecular weight is 431 g/mol. The van der Waals surface area contributed by atoms with E-state index < -0.39 is 0 Å². The van der Waals surface area contributed by atoms with Crippen LogP contribution in [0, 0.1) is 6.92 Å². The monoisotopic (exact) mass is 430 g/mol. The first-order valence-corrected chi connectivity index (χ1v) is 10.7. The van der Waals surface area contributed by atoms with Crippen LogP contribution in [0.5, 0.6) is 11.5 Å². The standard InChI is InChI=1S/C23H27ClN2O4/c1-16-3-2-4-18(11-16)20(26-5-7-28-8-6-26)15-25-22(27)14-17-12-19(24)23-21(13-17)29-9-10-30-23/h2-4,11-13,20H,5-10,14-15H2,1H3,(H,25,27). The number of nitrogens with one attached hydrogen (secondary N) is 1. The van der Waals surface area contributed by atoms with Crippen molar-refractivity contribution in [3.63, 3.8) is 0 Å². The summed E-state index contributed by atoms with van der Waals surface area (Å²) in [4.78, 5) is 15.1. The number of benzene rings is 2. The maximum atomic E-state index is 12.7. The first-order chi connectivity index (χ1) is 14.6. The second-order valence-corrected chi connectivity index (χ2v) is 8.07. The van der Waals surface area contributed by atoms with E-state index in [2.05, 4.69) is 41.4 Å². The maximum Gasteiger partial charge on any atom is 0.224 e. The van der Waals surface area contributed by atoms with Gasteiger partial charge < -0.3 is 19.5 Å². The van der Waals surface area contributed by atoms with Crippen LogP contribution in [0.1, 0.15) is 22.7 Å². The lowest BCUT2D eigenvalue weighted by molar-refractivity contribution is -0.120. The first-order valence-electron chi connectivity index (χ1n) is 10.3. The van der Waals surface area contributed by atoms with Crippen LogP contribution in [0.25, 0.3) is 0 Å². The van der Waals surface area contributed by atoms with Crippen molar-refractivity contribution in [2.75, 3.05) is 46.1 Å². The quantitative estimate of drug-likeness (QED) is 0.762. The molecule has 0 saturated carbocycles. The molecule has 6 nitrogen and oxygen atoms in total. The molecule has 2 aliphatic rings. The van der Waals surface area contributed by atoms with E-state index in [4.69, 9.17) is 25.8 Å². The molecule has 1 fully saturated rings. The van der Waals surface area contributed by atoms with Crippen molar-refractivity contribution in [3.8, 4) is 11.5 Å². The summed E-state index contributed by atoms with van der Waals surface area (Å²) < 4.78 is 16.7. The van der Waals surface area contributed by atoms with E-state index in [0.29, 0.717) is 49.5 Å². The van der Waals surface area contributed by atoms with Crippen molar-refractivity contribution in [2.45, 2.75) is 19.4 Å². The van der Waals surface area contributed by atoms with Gasteiger partial charge in [0, 0.05) is 19.6 Å². The number of morpholine rings is 1. The highest BCUT2D eigenvalue weighted by atomic mass is 35.5. The molecule has 1 N–H and O–H groups in total. The number of fused-ring (bicyclic) bond motifs is 1. The molecule has 30 heavy (non-hydrogen) atoms. The highest BCUT2D eigenvalue weighted by Crippen LogP contribution is 2.38. The van der Waals surface area contributed by atoms with E-state index in [1.165, 1.54) is 11.1 Å². The lowest BCUT2D eigenvalue weighted by Gasteiger charge is -2.35. The molecule has 2 heterocycles. The van der Waals surface area contributed by atoms with Crippen molar-refractivity contribution in [1.29, 1.82) is 0 Å². The van der Waals surface area contributed by atoms with Crippen LogP contribution in [-0.2, 0) is 16.0 Å². The Bertz CT molecular complexity index is 899. The SMILES string of the molecule is Cc1cccc(C(CNC(=O)Cc2cc(Cl)c3c(c2)OCCO3)N2CCOCC2)c1. The summed E-state index contributed by atoms with van der Waals surface area (Å²) in [7, 11) is 0. The third-order valence-corrected chi connectivity index (χ3v) is 5.71. The molecule has 2 aliphatic heterocycles. The van der Waals surface area contributed by atoms with Crippen molar-refractivity contribution in [1.82, 2.24) is 10.2 Å². The Morgan fingerprint density at radius 1 is 1.13 bits per heavy atom. The van der Waals surface area contributed by atoms with Crippen molar-refractivity contribution >= 4 is 17.5 Å². The smallest absolute Gasteiger partial charge is 0.224 e. The van der Waals surface area contributed by atoms with Crippen LogP contribution < -0.4 is 14.8 Å².